The van der Waals surface area contributed by atoms with E-state index in [0.29, 0.717) is 11.7 Å². The van der Waals surface area contributed by atoms with Crippen molar-refractivity contribution < 1.29 is 4.52 Å². The van der Waals surface area contributed by atoms with Crippen LogP contribution in [0.15, 0.2) is 83.5 Å². The lowest BCUT2D eigenvalue weighted by molar-refractivity contribution is 0.432. The lowest BCUT2D eigenvalue weighted by Crippen LogP contribution is -2.07. The summed E-state index contributed by atoms with van der Waals surface area (Å²) in [6.07, 6.45) is 2.67. The van der Waals surface area contributed by atoms with E-state index < -0.39 is 0 Å². The third kappa shape index (κ3) is 3.62. The van der Waals surface area contributed by atoms with Crippen LogP contribution in [0.1, 0.15) is 5.56 Å². The number of anilines is 1. The molecular weight excluding hydrogens is 324 g/mol. The van der Waals surface area contributed by atoms with Gasteiger partial charge in [-0.3, -0.25) is 0 Å². The molecular formula is C21H18N4O. The summed E-state index contributed by atoms with van der Waals surface area (Å²) in [5.74, 6) is 1.77. The zero-order valence-corrected chi connectivity index (χ0v) is 14.2. The van der Waals surface area contributed by atoms with E-state index in [1.54, 1.807) is 6.20 Å². The molecule has 0 bridgehead atoms. The van der Waals surface area contributed by atoms with E-state index in [-0.39, 0.29) is 0 Å². The highest BCUT2D eigenvalue weighted by Gasteiger charge is 2.14. The van der Waals surface area contributed by atoms with E-state index in [1.807, 2.05) is 60.7 Å². The quantitative estimate of drug-likeness (QED) is 0.561. The van der Waals surface area contributed by atoms with Gasteiger partial charge in [-0.1, -0.05) is 65.8 Å². The maximum atomic E-state index is 5.47. The maximum absolute atomic E-state index is 5.47. The van der Waals surface area contributed by atoms with Crippen LogP contribution < -0.4 is 5.32 Å². The van der Waals surface area contributed by atoms with Crippen molar-refractivity contribution in [3.05, 3.63) is 84.6 Å². The van der Waals surface area contributed by atoms with Gasteiger partial charge in [-0.05, 0) is 24.1 Å². The minimum Gasteiger partial charge on any atom is -0.369 e. The summed E-state index contributed by atoms with van der Waals surface area (Å²) in [6, 6.07) is 23.9. The molecule has 0 aliphatic heterocycles. The molecule has 4 aromatic rings. The fourth-order valence-electron chi connectivity index (χ4n) is 2.73. The van der Waals surface area contributed by atoms with Gasteiger partial charge in [0.25, 0.3) is 5.89 Å². The SMILES string of the molecule is c1ccc(CCNc2ncccc2-c2nc(-c3ccccc3)no2)cc1. The molecule has 1 N–H and O–H groups in total. The Morgan fingerprint density at radius 3 is 2.42 bits per heavy atom. The van der Waals surface area contributed by atoms with Gasteiger partial charge >= 0.3 is 0 Å². The van der Waals surface area contributed by atoms with E-state index in [1.165, 1.54) is 5.56 Å². The highest BCUT2D eigenvalue weighted by atomic mass is 16.5. The molecule has 0 spiro atoms. The molecule has 2 aromatic heterocycles. The van der Waals surface area contributed by atoms with Gasteiger partial charge in [0.15, 0.2) is 0 Å². The van der Waals surface area contributed by atoms with Crippen LogP contribution in [0.2, 0.25) is 0 Å². The van der Waals surface area contributed by atoms with E-state index >= 15 is 0 Å². The predicted octanol–water partition coefficient (Wildman–Crippen LogP) is 4.45. The summed E-state index contributed by atoms with van der Waals surface area (Å²) in [7, 11) is 0. The standard InChI is InChI=1S/C21H18N4O/c1-3-8-16(9-4-1)13-15-23-20-18(12-7-14-22-20)21-24-19(25-26-21)17-10-5-2-6-11-17/h1-12,14H,13,15H2,(H,22,23). The molecule has 0 aliphatic rings. The van der Waals surface area contributed by atoms with Crippen molar-refractivity contribution in [1.82, 2.24) is 15.1 Å². The normalized spacial score (nSPS) is 10.6. The summed E-state index contributed by atoms with van der Waals surface area (Å²) in [5.41, 5.74) is 3.00. The Bertz CT molecular complexity index is 967. The van der Waals surface area contributed by atoms with Crippen LogP contribution >= 0.6 is 0 Å². The van der Waals surface area contributed by atoms with E-state index in [9.17, 15) is 0 Å². The average molecular weight is 342 g/mol. The Balaban J connectivity index is 1.52. The Morgan fingerprint density at radius 2 is 1.62 bits per heavy atom. The first-order valence-corrected chi connectivity index (χ1v) is 8.52. The second-order valence-corrected chi connectivity index (χ2v) is 5.85. The van der Waals surface area contributed by atoms with E-state index in [0.717, 1.165) is 29.9 Å². The smallest absolute Gasteiger partial charge is 0.261 e. The van der Waals surface area contributed by atoms with Crippen molar-refractivity contribution in [1.29, 1.82) is 0 Å². The maximum Gasteiger partial charge on any atom is 0.261 e. The summed E-state index contributed by atoms with van der Waals surface area (Å²) < 4.78 is 5.47. The van der Waals surface area contributed by atoms with Crippen LogP contribution in [0.5, 0.6) is 0 Å². The molecule has 2 heterocycles. The van der Waals surface area contributed by atoms with Gasteiger partial charge < -0.3 is 9.84 Å². The van der Waals surface area contributed by atoms with E-state index in [4.69, 9.17) is 4.52 Å². The molecule has 0 fully saturated rings. The minimum absolute atomic E-state index is 0.458. The second kappa shape index (κ2) is 7.61. The monoisotopic (exact) mass is 342 g/mol. The zero-order valence-electron chi connectivity index (χ0n) is 14.2. The van der Waals surface area contributed by atoms with Gasteiger partial charge in [0.2, 0.25) is 5.82 Å². The molecule has 128 valence electrons. The van der Waals surface area contributed by atoms with Crippen LogP contribution in [0, 0.1) is 0 Å². The number of rotatable bonds is 6. The van der Waals surface area contributed by atoms with Gasteiger partial charge in [0.1, 0.15) is 5.82 Å². The molecule has 0 atom stereocenters. The number of nitrogens with zero attached hydrogens (tertiary/aromatic N) is 3. The van der Waals surface area contributed by atoms with E-state index in [2.05, 4.69) is 32.6 Å². The predicted molar refractivity (Wildman–Crippen MR) is 102 cm³/mol. The first kappa shape index (κ1) is 16.0. The van der Waals surface area contributed by atoms with Crippen LogP contribution in [0.3, 0.4) is 0 Å². The molecule has 4 rings (SSSR count). The van der Waals surface area contributed by atoms with Crippen LogP contribution in [-0.4, -0.2) is 21.7 Å². The van der Waals surface area contributed by atoms with Crippen molar-refractivity contribution in [3.63, 3.8) is 0 Å². The average Bonchev–Trinajstić information content (AvgIpc) is 3.20. The Kier molecular flexibility index (Phi) is 4.69. The molecule has 26 heavy (non-hydrogen) atoms. The first-order chi connectivity index (χ1) is 12.9. The van der Waals surface area contributed by atoms with Crippen molar-refractivity contribution in [3.8, 4) is 22.8 Å². The third-order valence-corrected chi connectivity index (χ3v) is 4.05. The van der Waals surface area contributed by atoms with Gasteiger partial charge in [-0.2, -0.15) is 4.98 Å². The highest BCUT2D eigenvalue weighted by Crippen LogP contribution is 2.26. The number of hydrogen-bond donors (Lipinski definition) is 1. The Hall–Kier alpha value is -3.47. The van der Waals surface area contributed by atoms with Gasteiger partial charge in [0.05, 0.1) is 5.56 Å². The molecule has 5 nitrogen and oxygen atoms in total. The molecule has 5 heteroatoms. The van der Waals surface area contributed by atoms with Crippen molar-refractivity contribution in [2.24, 2.45) is 0 Å². The summed E-state index contributed by atoms with van der Waals surface area (Å²) in [6.45, 7) is 0.772. The van der Waals surface area contributed by atoms with Crippen LogP contribution in [0.4, 0.5) is 5.82 Å². The molecule has 0 unspecified atom stereocenters. The molecule has 0 saturated carbocycles. The summed E-state index contributed by atoms with van der Waals surface area (Å²) >= 11 is 0. The Morgan fingerprint density at radius 1 is 0.846 bits per heavy atom. The van der Waals surface area contributed by atoms with Gasteiger partial charge in [0, 0.05) is 18.3 Å². The lowest BCUT2D eigenvalue weighted by Gasteiger charge is -2.08. The highest BCUT2D eigenvalue weighted by molar-refractivity contribution is 5.70. The van der Waals surface area contributed by atoms with Crippen LogP contribution in [0.25, 0.3) is 22.8 Å². The summed E-state index contributed by atoms with van der Waals surface area (Å²) in [5, 5.41) is 7.46. The van der Waals surface area contributed by atoms with Crippen LogP contribution in [-0.2, 0) is 6.42 Å². The van der Waals surface area contributed by atoms with Crippen molar-refractivity contribution in [2.45, 2.75) is 6.42 Å². The Labute approximate surface area is 151 Å². The fourth-order valence-corrected chi connectivity index (χ4v) is 2.73. The minimum atomic E-state index is 0.458. The molecule has 0 saturated heterocycles. The van der Waals surface area contributed by atoms with Crippen molar-refractivity contribution >= 4 is 5.82 Å². The van der Waals surface area contributed by atoms with Gasteiger partial charge in [-0.15, -0.1) is 0 Å². The number of hydrogen-bond acceptors (Lipinski definition) is 5. The number of aromatic nitrogens is 3. The van der Waals surface area contributed by atoms with Gasteiger partial charge in [-0.25, -0.2) is 4.98 Å². The second-order valence-electron chi connectivity index (χ2n) is 5.85. The first-order valence-electron chi connectivity index (χ1n) is 8.52. The number of pyridine rings is 1. The molecule has 0 aliphatic carbocycles. The van der Waals surface area contributed by atoms with Crippen molar-refractivity contribution in [2.75, 3.05) is 11.9 Å². The molecule has 2 aromatic carbocycles. The number of nitrogens with one attached hydrogen (secondary N) is 1. The zero-order chi connectivity index (χ0) is 17.6. The largest absolute Gasteiger partial charge is 0.369 e. The summed E-state index contributed by atoms with van der Waals surface area (Å²) in [4.78, 5) is 8.95. The lowest BCUT2D eigenvalue weighted by atomic mass is 10.1. The fraction of sp³-hybridized carbons (Fsp3) is 0.0952. The molecule has 0 amide bonds. The number of benzene rings is 2. The topological polar surface area (TPSA) is 63.8 Å². The molecule has 0 radical (unpaired) electrons. The third-order valence-electron chi connectivity index (χ3n) is 4.05.